The Labute approximate surface area is 212 Å². The first-order valence-electron chi connectivity index (χ1n) is 11.0. The van der Waals surface area contributed by atoms with Gasteiger partial charge < -0.3 is 14.8 Å². The third-order valence-corrected chi connectivity index (χ3v) is 6.56. The molecule has 0 aliphatic heterocycles. The molecule has 0 aliphatic rings. The Kier molecular flexibility index (Phi) is 7.39. The summed E-state index contributed by atoms with van der Waals surface area (Å²) >= 11 is 1.03. The van der Waals surface area contributed by atoms with Gasteiger partial charge in [0.2, 0.25) is 5.91 Å². The van der Waals surface area contributed by atoms with E-state index in [2.05, 4.69) is 5.32 Å². The molecule has 0 bridgehead atoms. The number of halogens is 3. The van der Waals surface area contributed by atoms with E-state index in [0.29, 0.717) is 22.5 Å². The van der Waals surface area contributed by atoms with Crippen LogP contribution in [0.4, 0.5) is 13.2 Å². The zero-order valence-electron chi connectivity index (χ0n) is 19.8. The molecular formula is C25H22F3N3O5S. The van der Waals surface area contributed by atoms with E-state index in [0.717, 1.165) is 39.7 Å². The average molecular weight is 534 g/mol. The lowest BCUT2D eigenvalue weighted by Crippen LogP contribution is -2.41. The lowest BCUT2D eigenvalue weighted by Gasteiger charge is -2.14. The lowest BCUT2D eigenvalue weighted by molar-refractivity contribution is -0.137. The Morgan fingerprint density at radius 2 is 1.78 bits per heavy atom. The van der Waals surface area contributed by atoms with Crippen molar-refractivity contribution >= 4 is 27.5 Å². The molecule has 0 aliphatic carbocycles. The van der Waals surface area contributed by atoms with Gasteiger partial charge >= 0.3 is 11.9 Å². The topological polar surface area (TPSA) is 91.6 Å². The second-order valence-electron chi connectivity index (χ2n) is 7.98. The number of hydrogen-bond donors (Lipinski definition) is 1. The molecule has 37 heavy (non-hydrogen) atoms. The van der Waals surface area contributed by atoms with Gasteiger partial charge in [-0.1, -0.05) is 12.1 Å². The molecule has 0 radical (unpaired) electrons. The monoisotopic (exact) mass is 533 g/mol. The van der Waals surface area contributed by atoms with E-state index in [-0.39, 0.29) is 22.4 Å². The molecule has 2 aromatic carbocycles. The number of nitrogens with zero attached hydrogens (tertiary/aromatic N) is 2. The Hall–Kier alpha value is -4.06. The summed E-state index contributed by atoms with van der Waals surface area (Å²) in [6.07, 6.45) is -4.18. The highest BCUT2D eigenvalue weighted by atomic mass is 32.1. The third kappa shape index (κ3) is 5.38. The van der Waals surface area contributed by atoms with E-state index >= 15 is 0 Å². The van der Waals surface area contributed by atoms with Crippen molar-refractivity contribution in [3.05, 3.63) is 85.9 Å². The molecule has 0 unspecified atom stereocenters. The summed E-state index contributed by atoms with van der Waals surface area (Å²) in [4.78, 5) is 39.0. The van der Waals surface area contributed by atoms with E-state index in [1.807, 2.05) is 6.07 Å². The fourth-order valence-corrected chi connectivity index (χ4v) is 4.70. The number of thiophene rings is 1. The molecule has 1 N–H and O–H groups in total. The molecule has 12 heteroatoms. The summed E-state index contributed by atoms with van der Waals surface area (Å²) in [6.45, 7) is -0.166. The molecule has 2 aromatic heterocycles. The fourth-order valence-electron chi connectivity index (χ4n) is 3.87. The molecule has 8 nitrogen and oxygen atoms in total. The van der Waals surface area contributed by atoms with E-state index in [1.54, 1.807) is 17.5 Å². The van der Waals surface area contributed by atoms with Crippen molar-refractivity contribution in [3.8, 4) is 17.2 Å². The van der Waals surface area contributed by atoms with Crippen molar-refractivity contribution in [1.82, 2.24) is 14.5 Å². The predicted octanol–water partition coefficient (Wildman–Crippen LogP) is 3.61. The predicted molar refractivity (Wildman–Crippen MR) is 133 cm³/mol. The van der Waals surface area contributed by atoms with Crippen molar-refractivity contribution in [2.75, 3.05) is 20.8 Å². The van der Waals surface area contributed by atoms with Crippen LogP contribution in [0, 0.1) is 0 Å². The number of methoxy groups -OCH3 is 2. The van der Waals surface area contributed by atoms with Gasteiger partial charge in [0.15, 0.2) is 11.5 Å². The van der Waals surface area contributed by atoms with Gasteiger partial charge in [-0.3, -0.25) is 14.2 Å². The minimum Gasteiger partial charge on any atom is -0.493 e. The van der Waals surface area contributed by atoms with Gasteiger partial charge in [0.1, 0.15) is 11.2 Å². The van der Waals surface area contributed by atoms with Crippen LogP contribution in [0.2, 0.25) is 0 Å². The zero-order chi connectivity index (χ0) is 26.7. The number of carbonyl (C=O) groups is 1. The van der Waals surface area contributed by atoms with Crippen LogP contribution in [0.5, 0.6) is 11.5 Å². The smallest absolute Gasteiger partial charge is 0.416 e. The van der Waals surface area contributed by atoms with Gasteiger partial charge in [0.05, 0.1) is 31.0 Å². The van der Waals surface area contributed by atoms with Gasteiger partial charge in [-0.2, -0.15) is 13.2 Å². The molecule has 2 heterocycles. The molecule has 0 fully saturated rings. The number of nitrogens with one attached hydrogen (secondary N) is 1. The number of amides is 1. The van der Waals surface area contributed by atoms with Gasteiger partial charge in [-0.25, -0.2) is 9.36 Å². The minimum atomic E-state index is -4.65. The highest BCUT2D eigenvalue weighted by molar-refractivity contribution is 7.17. The summed E-state index contributed by atoms with van der Waals surface area (Å²) in [6, 6.07) is 10.8. The van der Waals surface area contributed by atoms with Gasteiger partial charge in [-0.15, -0.1) is 11.3 Å². The van der Waals surface area contributed by atoms with Gasteiger partial charge in [0.25, 0.3) is 5.56 Å². The van der Waals surface area contributed by atoms with Crippen LogP contribution < -0.4 is 26.0 Å². The van der Waals surface area contributed by atoms with Crippen molar-refractivity contribution in [1.29, 1.82) is 0 Å². The van der Waals surface area contributed by atoms with E-state index in [4.69, 9.17) is 9.47 Å². The van der Waals surface area contributed by atoms with Crippen LogP contribution in [-0.2, 0) is 23.9 Å². The number of benzene rings is 2. The zero-order valence-corrected chi connectivity index (χ0v) is 20.6. The first kappa shape index (κ1) is 26.0. The first-order chi connectivity index (χ1) is 17.6. The largest absolute Gasteiger partial charge is 0.493 e. The number of fused-ring (bicyclic) bond motifs is 1. The highest BCUT2D eigenvalue weighted by Gasteiger charge is 2.31. The second kappa shape index (κ2) is 10.5. The summed E-state index contributed by atoms with van der Waals surface area (Å²) in [5.74, 6) is 0.629. The molecule has 1 amide bonds. The summed E-state index contributed by atoms with van der Waals surface area (Å²) in [5, 5.41) is 4.31. The Balaban J connectivity index is 1.59. The average Bonchev–Trinajstić information content (AvgIpc) is 3.36. The molecule has 0 spiro atoms. The standard InChI is InChI=1S/C25H22F3N3O5S/c1-35-19-7-6-15(12-20(19)36-2)8-10-29-21(32)14-30-18-9-11-37-22(18)23(33)31(24(30)34)17-5-3-4-16(13-17)25(26,27)28/h3-7,9,11-13H,8,10,14H2,1-2H3,(H,29,32). The maximum atomic E-state index is 13.3. The number of hydrogen-bond acceptors (Lipinski definition) is 6. The maximum absolute atomic E-state index is 13.3. The molecule has 4 rings (SSSR count). The lowest BCUT2D eigenvalue weighted by atomic mass is 10.1. The fraction of sp³-hybridized carbons (Fsp3) is 0.240. The number of alkyl halides is 3. The molecule has 0 atom stereocenters. The van der Waals surface area contributed by atoms with Crippen LogP contribution in [-0.4, -0.2) is 35.8 Å². The molecule has 194 valence electrons. The normalized spacial score (nSPS) is 11.5. The molecule has 4 aromatic rings. The molecular weight excluding hydrogens is 511 g/mol. The van der Waals surface area contributed by atoms with Crippen molar-refractivity contribution < 1.29 is 27.4 Å². The molecule has 0 saturated heterocycles. The van der Waals surface area contributed by atoms with Crippen molar-refractivity contribution in [3.63, 3.8) is 0 Å². The third-order valence-electron chi connectivity index (χ3n) is 5.67. The van der Waals surface area contributed by atoms with Gasteiger partial charge in [0, 0.05) is 6.54 Å². The number of aromatic nitrogens is 2. The van der Waals surface area contributed by atoms with Crippen LogP contribution in [0.15, 0.2) is 63.5 Å². The Bertz CT molecular complexity index is 1570. The SMILES string of the molecule is COc1ccc(CCNC(=O)Cn2c(=O)n(-c3cccc(C(F)(F)F)c3)c(=O)c3sccc32)cc1OC. The highest BCUT2D eigenvalue weighted by Crippen LogP contribution is 2.30. The summed E-state index contributed by atoms with van der Waals surface area (Å²) < 4.78 is 52.0. The van der Waals surface area contributed by atoms with E-state index < -0.39 is 35.4 Å². The van der Waals surface area contributed by atoms with E-state index in [1.165, 1.54) is 26.4 Å². The first-order valence-corrected chi connectivity index (χ1v) is 11.9. The van der Waals surface area contributed by atoms with E-state index in [9.17, 15) is 27.6 Å². The van der Waals surface area contributed by atoms with Crippen LogP contribution in [0.1, 0.15) is 11.1 Å². The molecule has 0 saturated carbocycles. The van der Waals surface area contributed by atoms with Crippen LogP contribution in [0.3, 0.4) is 0 Å². The Morgan fingerprint density at radius 3 is 2.49 bits per heavy atom. The van der Waals surface area contributed by atoms with Crippen molar-refractivity contribution in [2.45, 2.75) is 19.1 Å². The number of carbonyl (C=O) groups excluding carboxylic acids is 1. The second-order valence-corrected chi connectivity index (χ2v) is 8.90. The quantitative estimate of drug-likeness (QED) is 0.374. The summed E-state index contributed by atoms with van der Waals surface area (Å²) in [5.41, 5.74) is -1.78. The van der Waals surface area contributed by atoms with Crippen LogP contribution in [0.25, 0.3) is 15.9 Å². The number of rotatable bonds is 8. The van der Waals surface area contributed by atoms with Crippen molar-refractivity contribution in [2.24, 2.45) is 0 Å². The summed E-state index contributed by atoms with van der Waals surface area (Å²) in [7, 11) is 3.05. The Morgan fingerprint density at radius 1 is 1.03 bits per heavy atom. The number of ether oxygens (including phenoxy) is 2. The minimum absolute atomic E-state index is 0.148. The maximum Gasteiger partial charge on any atom is 0.416 e. The van der Waals surface area contributed by atoms with Gasteiger partial charge in [-0.05, 0) is 53.8 Å². The van der Waals surface area contributed by atoms with Crippen LogP contribution >= 0.6 is 11.3 Å².